The Kier molecular flexibility index (Phi) is 3.71. The lowest BCUT2D eigenvalue weighted by Gasteiger charge is -2.14. The molecule has 4 nitrogen and oxygen atoms in total. The summed E-state index contributed by atoms with van der Waals surface area (Å²) in [6, 6.07) is 8.78. The number of alkyl halides is 2. The van der Waals surface area contributed by atoms with Crippen molar-refractivity contribution < 1.29 is 18.7 Å². The molecule has 0 saturated carbocycles. The molecule has 100 valence electrons. The van der Waals surface area contributed by atoms with Crippen molar-refractivity contribution in [1.82, 2.24) is 10.3 Å². The van der Waals surface area contributed by atoms with E-state index in [1.807, 2.05) is 6.07 Å². The third kappa shape index (κ3) is 3.03. The molecule has 1 amide bonds. The molecule has 1 aromatic carbocycles. The molecule has 0 aliphatic rings. The van der Waals surface area contributed by atoms with Crippen molar-refractivity contribution in [1.29, 1.82) is 0 Å². The highest BCUT2D eigenvalue weighted by Crippen LogP contribution is 2.16. The minimum absolute atomic E-state index is 0.0897. The van der Waals surface area contributed by atoms with E-state index in [2.05, 4.69) is 10.3 Å². The number of rotatable bonds is 4. The van der Waals surface area contributed by atoms with Crippen LogP contribution >= 0.6 is 0 Å². The number of aromatic nitrogens is 1. The number of nitrogens with zero attached hydrogens (tertiary/aromatic N) is 1. The number of hydrogen-bond donors (Lipinski definition) is 2. The first-order valence-electron chi connectivity index (χ1n) is 5.64. The molecule has 0 atom stereocenters. The number of nitrogens with one attached hydrogen (secondary N) is 1. The molecular weight excluding hydrogens is 254 g/mol. The summed E-state index contributed by atoms with van der Waals surface area (Å²) in [5.74, 6) is -4.02. The Hall–Kier alpha value is -2.08. The van der Waals surface area contributed by atoms with Crippen molar-refractivity contribution in [3.63, 3.8) is 0 Å². The highest BCUT2D eigenvalue weighted by atomic mass is 19.3. The first-order valence-corrected chi connectivity index (χ1v) is 5.64. The van der Waals surface area contributed by atoms with Crippen molar-refractivity contribution in [2.75, 3.05) is 13.2 Å². The van der Waals surface area contributed by atoms with Crippen LogP contribution in [0.1, 0.15) is 10.5 Å². The Morgan fingerprint density at radius 1 is 1.32 bits per heavy atom. The van der Waals surface area contributed by atoms with Gasteiger partial charge < -0.3 is 10.4 Å². The van der Waals surface area contributed by atoms with E-state index in [0.29, 0.717) is 5.39 Å². The van der Waals surface area contributed by atoms with E-state index >= 15 is 0 Å². The van der Waals surface area contributed by atoms with Gasteiger partial charge >= 0.3 is 0 Å². The number of hydrogen-bond acceptors (Lipinski definition) is 3. The molecule has 0 aliphatic carbocycles. The van der Waals surface area contributed by atoms with E-state index in [1.54, 1.807) is 24.3 Å². The topological polar surface area (TPSA) is 62.2 Å². The Labute approximate surface area is 108 Å². The Morgan fingerprint density at radius 2 is 2.05 bits per heavy atom. The van der Waals surface area contributed by atoms with Crippen LogP contribution in [0.25, 0.3) is 10.8 Å². The number of amides is 1. The van der Waals surface area contributed by atoms with Crippen LogP contribution in [-0.4, -0.2) is 35.1 Å². The average Bonchev–Trinajstić information content (AvgIpc) is 2.44. The van der Waals surface area contributed by atoms with Crippen molar-refractivity contribution >= 4 is 16.7 Å². The molecule has 0 fully saturated rings. The number of aliphatic hydroxyl groups excluding tert-OH is 1. The molecule has 0 spiro atoms. The van der Waals surface area contributed by atoms with Gasteiger partial charge in [-0.15, -0.1) is 0 Å². The van der Waals surface area contributed by atoms with Gasteiger partial charge in [-0.1, -0.05) is 24.3 Å². The minimum atomic E-state index is -3.33. The van der Waals surface area contributed by atoms with Gasteiger partial charge in [0.05, 0.1) is 6.54 Å². The summed E-state index contributed by atoms with van der Waals surface area (Å²) in [7, 11) is 0. The Balaban J connectivity index is 2.23. The molecule has 2 rings (SSSR count). The van der Waals surface area contributed by atoms with E-state index < -0.39 is 25.0 Å². The van der Waals surface area contributed by atoms with E-state index in [4.69, 9.17) is 5.11 Å². The van der Waals surface area contributed by atoms with Crippen LogP contribution in [0.4, 0.5) is 8.78 Å². The standard InChI is InChI=1S/C13H12F2N2O2/c14-13(15,8-18)7-17-12(19)11-10-4-2-1-3-9(10)5-6-16-11/h1-6,18H,7-8H2,(H,17,19). The number of aliphatic hydroxyl groups is 1. The largest absolute Gasteiger partial charge is 0.390 e. The number of fused-ring (bicyclic) bond motifs is 1. The van der Waals surface area contributed by atoms with Crippen LogP contribution in [0.15, 0.2) is 36.5 Å². The van der Waals surface area contributed by atoms with Crippen LogP contribution in [-0.2, 0) is 0 Å². The second kappa shape index (κ2) is 5.27. The highest BCUT2D eigenvalue weighted by molar-refractivity contribution is 6.05. The van der Waals surface area contributed by atoms with E-state index in [-0.39, 0.29) is 5.69 Å². The number of carbonyl (C=O) groups is 1. The van der Waals surface area contributed by atoms with Gasteiger partial charge in [-0.2, -0.15) is 0 Å². The van der Waals surface area contributed by atoms with Gasteiger partial charge in [-0.05, 0) is 11.5 Å². The first kappa shape index (κ1) is 13.4. The molecule has 0 radical (unpaired) electrons. The second-order valence-electron chi connectivity index (χ2n) is 4.08. The van der Waals surface area contributed by atoms with Crippen LogP contribution in [0.5, 0.6) is 0 Å². The summed E-state index contributed by atoms with van der Waals surface area (Å²) in [4.78, 5) is 15.7. The first-order chi connectivity index (χ1) is 9.03. The van der Waals surface area contributed by atoms with Gasteiger partial charge in [0.25, 0.3) is 11.8 Å². The molecule has 6 heteroatoms. The maximum Gasteiger partial charge on any atom is 0.287 e. The normalized spacial score (nSPS) is 11.5. The van der Waals surface area contributed by atoms with Gasteiger partial charge in [0, 0.05) is 11.6 Å². The fourth-order valence-corrected chi connectivity index (χ4v) is 1.65. The predicted molar refractivity (Wildman–Crippen MR) is 66.1 cm³/mol. The number of halogens is 2. The van der Waals surface area contributed by atoms with Gasteiger partial charge in [0.15, 0.2) is 0 Å². The molecule has 2 aromatic rings. The zero-order valence-corrected chi connectivity index (χ0v) is 9.94. The lowest BCUT2D eigenvalue weighted by Crippen LogP contribution is -2.39. The van der Waals surface area contributed by atoms with Crippen molar-refractivity contribution in [2.45, 2.75) is 5.92 Å². The van der Waals surface area contributed by atoms with Crippen LogP contribution in [0.3, 0.4) is 0 Å². The van der Waals surface area contributed by atoms with E-state index in [1.165, 1.54) is 6.20 Å². The summed E-state index contributed by atoms with van der Waals surface area (Å²) < 4.78 is 25.7. The molecule has 0 bridgehead atoms. The summed E-state index contributed by atoms with van der Waals surface area (Å²) in [6.45, 7) is -2.23. The zero-order chi connectivity index (χ0) is 13.9. The SMILES string of the molecule is O=C(NCC(F)(F)CO)c1nccc2ccccc12. The summed E-state index contributed by atoms with van der Waals surface area (Å²) >= 11 is 0. The van der Waals surface area contributed by atoms with Gasteiger partial charge in [-0.25, -0.2) is 8.78 Å². The summed E-state index contributed by atoms with van der Waals surface area (Å²) in [5.41, 5.74) is 0.0897. The molecule has 19 heavy (non-hydrogen) atoms. The monoisotopic (exact) mass is 266 g/mol. The molecule has 0 unspecified atom stereocenters. The molecule has 1 aromatic heterocycles. The summed E-state index contributed by atoms with van der Waals surface area (Å²) in [5, 5.41) is 11.9. The second-order valence-corrected chi connectivity index (χ2v) is 4.08. The Bertz CT molecular complexity index is 597. The van der Waals surface area contributed by atoms with Crippen molar-refractivity contribution in [2.24, 2.45) is 0 Å². The van der Waals surface area contributed by atoms with Gasteiger partial charge in [-0.3, -0.25) is 9.78 Å². The van der Waals surface area contributed by atoms with Gasteiger partial charge in [0.1, 0.15) is 12.3 Å². The van der Waals surface area contributed by atoms with E-state index in [0.717, 1.165) is 5.39 Å². The lowest BCUT2D eigenvalue weighted by molar-refractivity contribution is -0.0462. The lowest BCUT2D eigenvalue weighted by atomic mass is 10.1. The minimum Gasteiger partial charge on any atom is -0.390 e. The maximum absolute atomic E-state index is 12.9. The molecule has 2 N–H and O–H groups in total. The Morgan fingerprint density at radius 3 is 2.79 bits per heavy atom. The summed E-state index contributed by atoms with van der Waals surface area (Å²) in [6.07, 6.45) is 1.45. The van der Waals surface area contributed by atoms with Crippen LogP contribution < -0.4 is 5.32 Å². The molecular formula is C13H12F2N2O2. The fraction of sp³-hybridized carbons (Fsp3) is 0.231. The third-order valence-corrected chi connectivity index (χ3v) is 2.63. The van der Waals surface area contributed by atoms with Crippen molar-refractivity contribution in [3.8, 4) is 0 Å². The molecule has 0 aliphatic heterocycles. The third-order valence-electron chi connectivity index (χ3n) is 2.63. The zero-order valence-electron chi connectivity index (χ0n) is 9.94. The maximum atomic E-state index is 12.9. The molecule has 1 heterocycles. The van der Waals surface area contributed by atoms with Crippen LogP contribution in [0, 0.1) is 0 Å². The van der Waals surface area contributed by atoms with Crippen molar-refractivity contribution in [3.05, 3.63) is 42.2 Å². The predicted octanol–water partition coefficient (Wildman–Crippen LogP) is 1.59. The number of carbonyl (C=O) groups excluding carboxylic acids is 1. The van der Waals surface area contributed by atoms with E-state index in [9.17, 15) is 13.6 Å². The number of benzene rings is 1. The van der Waals surface area contributed by atoms with Crippen LogP contribution in [0.2, 0.25) is 0 Å². The average molecular weight is 266 g/mol. The molecule has 0 saturated heterocycles. The fourth-order valence-electron chi connectivity index (χ4n) is 1.65. The quantitative estimate of drug-likeness (QED) is 0.883. The smallest absolute Gasteiger partial charge is 0.287 e. The number of pyridine rings is 1. The highest BCUT2D eigenvalue weighted by Gasteiger charge is 2.28. The van der Waals surface area contributed by atoms with Gasteiger partial charge in [0.2, 0.25) is 0 Å².